The number of ether oxygens (including phenoxy) is 5. The van der Waals surface area contributed by atoms with Gasteiger partial charge in [-0.25, -0.2) is 9.59 Å². The van der Waals surface area contributed by atoms with Gasteiger partial charge in [0.25, 0.3) is 5.91 Å². The topological polar surface area (TPSA) is 171 Å². The van der Waals surface area contributed by atoms with E-state index in [1.165, 1.54) is 0 Å². The van der Waals surface area contributed by atoms with Gasteiger partial charge in [-0.05, 0) is 103 Å². The zero-order valence-electron chi connectivity index (χ0n) is 34.9. The smallest absolute Gasteiger partial charge is 0.481 e. The predicted molar refractivity (Wildman–Crippen MR) is 219 cm³/mol. The Morgan fingerprint density at radius 1 is 0.947 bits per heavy atom. The lowest BCUT2D eigenvalue weighted by Gasteiger charge is -2.36. The molecule has 1 heterocycles. The Hall–Kier alpha value is -4.98. The molecule has 1 fully saturated rings. The van der Waals surface area contributed by atoms with Crippen LogP contribution >= 0.6 is 0 Å². The second-order valence-electron chi connectivity index (χ2n) is 16.4. The van der Waals surface area contributed by atoms with Gasteiger partial charge in [-0.2, -0.15) is 0 Å². The van der Waals surface area contributed by atoms with Crippen LogP contribution in [0.2, 0.25) is 0 Å². The number of nitrogens with one attached hydrogen (secondary N) is 2. The lowest BCUT2D eigenvalue weighted by Crippen LogP contribution is -2.48. The number of anilines is 1. The Morgan fingerprint density at radius 2 is 1.68 bits per heavy atom. The van der Waals surface area contributed by atoms with E-state index in [0.29, 0.717) is 43.0 Å². The van der Waals surface area contributed by atoms with E-state index >= 15 is 0 Å². The summed E-state index contributed by atoms with van der Waals surface area (Å²) in [6.45, 7) is 14.8. The van der Waals surface area contributed by atoms with Crippen LogP contribution in [0.4, 0.5) is 15.3 Å². The summed E-state index contributed by atoms with van der Waals surface area (Å²) in [6, 6.07) is 11.4. The van der Waals surface area contributed by atoms with E-state index in [1.807, 2.05) is 50.8 Å². The lowest BCUT2D eigenvalue weighted by atomic mass is 9.94. The molecule has 1 aliphatic carbocycles. The molecule has 0 unspecified atom stereocenters. The minimum absolute atomic E-state index is 0.00633. The zero-order valence-corrected chi connectivity index (χ0v) is 34.9. The SMILES string of the molecule is CCN/C=C(\N)c1cccc(CCOCCC(=O)N(CCN(CCc2ccc(OC(=O)OC(C)(C)C)c3c2OCC(=O)N3)C(=O)OC(C)(C)C)C2CCCCC2)c1. The molecule has 0 saturated heterocycles. The van der Waals surface area contributed by atoms with Gasteiger partial charge in [-0.1, -0.05) is 43.5 Å². The third-order valence-corrected chi connectivity index (χ3v) is 9.36. The Kier molecular flexibility index (Phi) is 16.5. The Labute approximate surface area is 337 Å². The number of carbonyl (C=O) groups is 4. The summed E-state index contributed by atoms with van der Waals surface area (Å²) in [7, 11) is 0. The maximum atomic E-state index is 13.8. The van der Waals surface area contributed by atoms with Crippen molar-refractivity contribution in [2.24, 2.45) is 5.73 Å². The van der Waals surface area contributed by atoms with E-state index in [4.69, 9.17) is 29.4 Å². The van der Waals surface area contributed by atoms with Crippen molar-refractivity contribution in [3.8, 4) is 11.5 Å². The van der Waals surface area contributed by atoms with Gasteiger partial charge in [0.2, 0.25) is 5.91 Å². The molecule has 57 heavy (non-hydrogen) atoms. The first-order valence-corrected chi connectivity index (χ1v) is 20.2. The van der Waals surface area contributed by atoms with Gasteiger partial charge in [0, 0.05) is 38.4 Å². The molecule has 14 nitrogen and oxygen atoms in total. The highest BCUT2D eigenvalue weighted by Crippen LogP contribution is 2.40. The van der Waals surface area contributed by atoms with Crippen molar-refractivity contribution in [3.05, 3.63) is 59.3 Å². The number of fused-ring (bicyclic) bond motifs is 1. The molecule has 14 heteroatoms. The van der Waals surface area contributed by atoms with Crippen molar-refractivity contribution in [2.75, 3.05) is 51.3 Å². The number of nitrogens with two attached hydrogens (primary N) is 1. The van der Waals surface area contributed by atoms with Crippen molar-refractivity contribution in [3.63, 3.8) is 0 Å². The second kappa shape index (κ2) is 21.0. The summed E-state index contributed by atoms with van der Waals surface area (Å²) >= 11 is 0. The van der Waals surface area contributed by atoms with Crippen molar-refractivity contribution in [2.45, 2.75) is 117 Å². The quantitative estimate of drug-likeness (QED) is 0.0876. The van der Waals surface area contributed by atoms with Crippen LogP contribution in [0.3, 0.4) is 0 Å². The molecule has 314 valence electrons. The Bertz CT molecular complexity index is 1710. The fourth-order valence-electron chi connectivity index (χ4n) is 6.65. The molecule has 1 saturated carbocycles. The molecule has 0 spiro atoms. The summed E-state index contributed by atoms with van der Waals surface area (Å²) in [4.78, 5) is 55.8. The van der Waals surface area contributed by atoms with E-state index < -0.39 is 29.4 Å². The highest BCUT2D eigenvalue weighted by Gasteiger charge is 2.30. The van der Waals surface area contributed by atoms with Crippen LogP contribution in [-0.4, -0.2) is 97.1 Å². The van der Waals surface area contributed by atoms with Crippen LogP contribution in [0.5, 0.6) is 11.5 Å². The minimum Gasteiger partial charge on any atom is -0.481 e. The molecular formula is C43H63N5O9. The van der Waals surface area contributed by atoms with E-state index in [2.05, 4.69) is 16.7 Å². The van der Waals surface area contributed by atoms with Crippen LogP contribution in [0.15, 0.2) is 42.6 Å². The number of hydrogen-bond acceptors (Lipinski definition) is 11. The third kappa shape index (κ3) is 14.8. The van der Waals surface area contributed by atoms with Crippen LogP contribution in [0, 0.1) is 0 Å². The Balaban J connectivity index is 1.42. The Morgan fingerprint density at radius 3 is 2.39 bits per heavy atom. The van der Waals surface area contributed by atoms with Gasteiger partial charge in [0.05, 0.1) is 25.3 Å². The standard InChI is InChI=1S/C43H63N5O9/c1-8-45-28-34(44)32-14-12-13-30(27-32)20-25-53-26-21-37(50)48(33-15-10-9-11-16-33)24-23-47(40(51)56-42(2,3)4)22-19-31-17-18-35(55-41(52)57-43(5,6)7)38-39(31)54-29-36(49)46-38/h12-14,17-18,27-28,33,45H,8-11,15-16,19-26,29,44H2,1-7H3,(H,46,49)/b34-28-. The monoisotopic (exact) mass is 793 g/mol. The normalized spacial score (nSPS) is 14.8. The third-order valence-electron chi connectivity index (χ3n) is 9.36. The summed E-state index contributed by atoms with van der Waals surface area (Å²) in [5.74, 6) is 0.0223. The number of rotatable bonds is 17. The maximum absolute atomic E-state index is 13.8. The van der Waals surface area contributed by atoms with E-state index in [0.717, 1.165) is 49.8 Å². The van der Waals surface area contributed by atoms with Gasteiger partial charge < -0.3 is 49.9 Å². The molecule has 2 aromatic rings. The number of amides is 3. The largest absolute Gasteiger partial charge is 0.514 e. The van der Waals surface area contributed by atoms with Crippen LogP contribution in [0.25, 0.3) is 5.70 Å². The molecule has 0 radical (unpaired) electrons. The van der Waals surface area contributed by atoms with Gasteiger partial charge >= 0.3 is 12.2 Å². The fourth-order valence-corrected chi connectivity index (χ4v) is 6.65. The molecule has 1 aliphatic heterocycles. The van der Waals surface area contributed by atoms with Crippen molar-refractivity contribution in [1.82, 2.24) is 15.1 Å². The molecule has 2 aliphatic rings. The van der Waals surface area contributed by atoms with Crippen LogP contribution in [-0.2, 0) is 36.6 Å². The molecular weight excluding hydrogens is 730 g/mol. The molecule has 3 amide bonds. The van der Waals surface area contributed by atoms with Crippen LogP contribution < -0.4 is 25.8 Å². The first kappa shape index (κ1) is 44.7. The number of nitrogens with zero attached hydrogens (tertiary/aromatic N) is 2. The number of hydrogen-bond donors (Lipinski definition) is 3. The number of carbonyl (C=O) groups excluding carboxylic acids is 4. The highest BCUT2D eigenvalue weighted by molar-refractivity contribution is 5.98. The molecule has 4 N–H and O–H groups in total. The van der Waals surface area contributed by atoms with Crippen molar-refractivity contribution < 1.29 is 42.9 Å². The summed E-state index contributed by atoms with van der Waals surface area (Å²) in [6.07, 6.45) is 6.68. The molecule has 2 aromatic carbocycles. The zero-order chi connectivity index (χ0) is 41.6. The first-order valence-electron chi connectivity index (χ1n) is 20.2. The van der Waals surface area contributed by atoms with E-state index in [-0.39, 0.29) is 56.1 Å². The molecule has 4 rings (SSSR count). The molecule has 0 bridgehead atoms. The van der Waals surface area contributed by atoms with E-state index in [1.54, 1.807) is 44.0 Å². The average molecular weight is 794 g/mol. The van der Waals surface area contributed by atoms with Gasteiger partial charge in [-0.15, -0.1) is 0 Å². The fraction of sp³-hybridized carbons (Fsp3) is 0.581. The van der Waals surface area contributed by atoms with Gasteiger partial charge in [0.1, 0.15) is 16.9 Å². The van der Waals surface area contributed by atoms with Crippen LogP contribution in [0.1, 0.15) is 104 Å². The minimum atomic E-state index is -0.919. The first-order chi connectivity index (χ1) is 27.0. The van der Waals surface area contributed by atoms with Gasteiger partial charge in [0.15, 0.2) is 18.1 Å². The average Bonchev–Trinajstić information content (AvgIpc) is 3.14. The van der Waals surface area contributed by atoms with Crippen molar-refractivity contribution >= 4 is 35.4 Å². The lowest BCUT2D eigenvalue weighted by molar-refractivity contribution is -0.135. The maximum Gasteiger partial charge on any atom is 0.514 e. The predicted octanol–water partition coefficient (Wildman–Crippen LogP) is 6.79. The summed E-state index contributed by atoms with van der Waals surface area (Å²) < 4.78 is 28.3. The number of benzene rings is 2. The summed E-state index contributed by atoms with van der Waals surface area (Å²) in [5.41, 5.74) is 8.29. The summed E-state index contributed by atoms with van der Waals surface area (Å²) in [5, 5.41) is 5.88. The van der Waals surface area contributed by atoms with Gasteiger partial charge in [-0.3, -0.25) is 9.59 Å². The second-order valence-corrected chi connectivity index (χ2v) is 16.4. The molecule has 0 atom stereocenters. The highest BCUT2D eigenvalue weighted by atomic mass is 16.7. The van der Waals surface area contributed by atoms with Crippen molar-refractivity contribution in [1.29, 1.82) is 0 Å². The molecule has 0 aromatic heterocycles. The van der Waals surface area contributed by atoms with E-state index in [9.17, 15) is 19.2 Å².